The number of carbonyl (C=O) groups excluding carboxylic acids is 1. The van der Waals surface area contributed by atoms with Gasteiger partial charge in [0.15, 0.2) is 5.78 Å². The Hall–Kier alpha value is -1.87. The number of carbonyl (C=O) groups is 1. The molecule has 0 aliphatic rings. The molecule has 0 atom stereocenters. The van der Waals surface area contributed by atoms with Crippen molar-refractivity contribution in [2.75, 3.05) is 0 Å². The summed E-state index contributed by atoms with van der Waals surface area (Å²) in [5, 5.41) is 9.13. The number of ketones is 1. The number of benzene rings is 1. The van der Waals surface area contributed by atoms with Crippen molar-refractivity contribution in [2.24, 2.45) is 0 Å². The quantitative estimate of drug-likeness (QED) is 0.791. The first kappa shape index (κ1) is 10.6. The van der Waals surface area contributed by atoms with E-state index in [1.165, 1.54) is 0 Å². The molecule has 1 aromatic heterocycles. The monoisotopic (exact) mass is 215 g/mol. The predicted molar refractivity (Wildman–Crippen MR) is 61.1 cm³/mol. The Balaban J connectivity index is 2.21. The summed E-state index contributed by atoms with van der Waals surface area (Å²) in [6, 6.07) is 10.9. The van der Waals surface area contributed by atoms with Crippen LogP contribution in [0.4, 0.5) is 0 Å². The maximum absolute atomic E-state index is 12.0. The molecule has 0 unspecified atom stereocenters. The van der Waals surface area contributed by atoms with E-state index in [9.17, 15) is 4.79 Å². The highest BCUT2D eigenvalue weighted by Gasteiger charge is 2.10. The highest BCUT2D eigenvalue weighted by Crippen LogP contribution is 2.10. The minimum Gasteiger partial charge on any atom is -0.392 e. The standard InChI is InChI=1S/C13H13NO2/c15-10-11-5-1-2-6-12(11)13(16)9-14-7-3-4-8-14/h1-8,15H,9-10H2. The number of aromatic nitrogens is 1. The van der Waals surface area contributed by atoms with Crippen LogP contribution in [-0.2, 0) is 13.2 Å². The molecule has 3 nitrogen and oxygen atoms in total. The summed E-state index contributed by atoms with van der Waals surface area (Å²) in [5.74, 6) is 0.0147. The molecule has 1 N–H and O–H groups in total. The third-order valence-electron chi connectivity index (χ3n) is 2.48. The van der Waals surface area contributed by atoms with Crippen LogP contribution in [-0.4, -0.2) is 15.5 Å². The summed E-state index contributed by atoms with van der Waals surface area (Å²) >= 11 is 0. The van der Waals surface area contributed by atoms with Gasteiger partial charge < -0.3 is 9.67 Å². The average Bonchev–Trinajstić information content (AvgIpc) is 2.81. The van der Waals surface area contributed by atoms with Crippen molar-refractivity contribution >= 4 is 5.78 Å². The van der Waals surface area contributed by atoms with E-state index in [0.717, 1.165) is 0 Å². The van der Waals surface area contributed by atoms with Gasteiger partial charge >= 0.3 is 0 Å². The van der Waals surface area contributed by atoms with Crippen LogP contribution in [0.15, 0.2) is 48.8 Å². The Morgan fingerprint density at radius 1 is 1.12 bits per heavy atom. The van der Waals surface area contributed by atoms with Gasteiger partial charge in [0.1, 0.15) is 0 Å². The van der Waals surface area contributed by atoms with Crippen molar-refractivity contribution in [1.82, 2.24) is 4.57 Å². The fourth-order valence-corrected chi connectivity index (χ4v) is 1.66. The molecule has 0 saturated heterocycles. The van der Waals surface area contributed by atoms with Crippen LogP contribution in [0.25, 0.3) is 0 Å². The van der Waals surface area contributed by atoms with Gasteiger partial charge in [0.2, 0.25) is 0 Å². The highest BCUT2D eigenvalue weighted by molar-refractivity contribution is 5.97. The maximum Gasteiger partial charge on any atom is 0.182 e. The number of nitrogens with zero attached hydrogens (tertiary/aromatic N) is 1. The molecule has 2 aromatic rings. The zero-order chi connectivity index (χ0) is 11.4. The van der Waals surface area contributed by atoms with Crippen molar-refractivity contribution in [3.63, 3.8) is 0 Å². The van der Waals surface area contributed by atoms with Gasteiger partial charge in [0.05, 0.1) is 13.2 Å². The average molecular weight is 215 g/mol. The first-order valence-corrected chi connectivity index (χ1v) is 5.14. The number of hydrogen-bond donors (Lipinski definition) is 1. The molecule has 1 aromatic carbocycles. The molecule has 0 aliphatic carbocycles. The largest absolute Gasteiger partial charge is 0.392 e. The second-order valence-electron chi connectivity index (χ2n) is 3.59. The normalized spacial score (nSPS) is 10.3. The number of hydrogen-bond acceptors (Lipinski definition) is 2. The molecule has 0 aliphatic heterocycles. The molecule has 0 saturated carbocycles. The van der Waals surface area contributed by atoms with E-state index in [1.54, 1.807) is 12.1 Å². The van der Waals surface area contributed by atoms with Gasteiger partial charge in [-0.3, -0.25) is 4.79 Å². The van der Waals surface area contributed by atoms with Crippen LogP contribution in [0.2, 0.25) is 0 Å². The van der Waals surface area contributed by atoms with Crippen molar-refractivity contribution in [1.29, 1.82) is 0 Å². The Morgan fingerprint density at radius 2 is 1.81 bits per heavy atom. The van der Waals surface area contributed by atoms with Crippen LogP contribution in [0, 0.1) is 0 Å². The fraction of sp³-hybridized carbons (Fsp3) is 0.154. The summed E-state index contributed by atoms with van der Waals surface area (Å²) in [7, 11) is 0. The Kier molecular flexibility index (Phi) is 3.17. The van der Waals surface area contributed by atoms with Crippen LogP contribution in [0.3, 0.4) is 0 Å². The molecule has 1 heterocycles. The van der Waals surface area contributed by atoms with E-state index >= 15 is 0 Å². The first-order valence-electron chi connectivity index (χ1n) is 5.14. The van der Waals surface area contributed by atoms with Gasteiger partial charge in [-0.1, -0.05) is 24.3 Å². The van der Waals surface area contributed by atoms with E-state index in [-0.39, 0.29) is 12.4 Å². The smallest absolute Gasteiger partial charge is 0.182 e. The molecular weight excluding hydrogens is 202 g/mol. The lowest BCUT2D eigenvalue weighted by Crippen LogP contribution is -2.11. The molecule has 82 valence electrons. The summed E-state index contributed by atoms with van der Waals surface area (Å²) in [6.45, 7) is 0.206. The molecule has 0 bridgehead atoms. The zero-order valence-electron chi connectivity index (χ0n) is 8.84. The molecule has 0 amide bonds. The van der Waals surface area contributed by atoms with E-state index in [4.69, 9.17) is 5.11 Å². The van der Waals surface area contributed by atoms with Crippen molar-refractivity contribution in [3.05, 3.63) is 59.9 Å². The third-order valence-corrected chi connectivity index (χ3v) is 2.48. The highest BCUT2D eigenvalue weighted by atomic mass is 16.3. The molecule has 3 heteroatoms. The number of Topliss-reactive ketones (excluding diaryl/α,β-unsaturated/α-hetero) is 1. The Bertz CT molecular complexity index is 474. The predicted octanol–water partition coefficient (Wildman–Crippen LogP) is 1.86. The van der Waals surface area contributed by atoms with Crippen LogP contribution in [0.5, 0.6) is 0 Å². The van der Waals surface area contributed by atoms with Crippen LogP contribution < -0.4 is 0 Å². The van der Waals surface area contributed by atoms with Crippen molar-refractivity contribution in [2.45, 2.75) is 13.2 Å². The van der Waals surface area contributed by atoms with Gasteiger partial charge in [-0.15, -0.1) is 0 Å². The van der Waals surface area contributed by atoms with Gasteiger partial charge in [-0.05, 0) is 17.7 Å². The lowest BCUT2D eigenvalue weighted by molar-refractivity contribution is 0.0969. The first-order chi connectivity index (χ1) is 7.81. The molecule has 2 rings (SSSR count). The van der Waals surface area contributed by atoms with E-state index in [0.29, 0.717) is 17.7 Å². The van der Waals surface area contributed by atoms with E-state index < -0.39 is 0 Å². The van der Waals surface area contributed by atoms with Crippen molar-refractivity contribution in [3.8, 4) is 0 Å². The van der Waals surface area contributed by atoms with Gasteiger partial charge in [0, 0.05) is 18.0 Å². The molecular formula is C13H13NO2. The second-order valence-corrected chi connectivity index (χ2v) is 3.59. The summed E-state index contributed by atoms with van der Waals surface area (Å²) in [5.41, 5.74) is 1.28. The zero-order valence-corrected chi connectivity index (χ0v) is 8.84. The van der Waals surface area contributed by atoms with Gasteiger partial charge in [-0.25, -0.2) is 0 Å². The van der Waals surface area contributed by atoms with E-state index in [1.807, 2.05) is 41.2 Å². The lowest BCUT2D eigenvalue weighted by atomic mass is 10.0. The van der Waals surface area contributed by atoms with Crippen LogP contribution in [0.1, 0.15) is 15.9 Å². The lowest BCUT2D eigenvalue weighted by Gasteiger charge is -2.06. The van der Waals surface area contributed by atoms with Crippen LogP contribution >= 0.6 is 0 Å². The maximum atomic E-state index is 12.0. The number of aliphatic hydroxyl groups excluding tert-OH is 1. The Labute approximate surface area is 94.0 Å². The SMILES string of the molecule is O=C(Cn1cccc1)c1ccccc1CO. The fourth-order valence-electron chi connectivity index (χ4n) is 1.66. The molecule has 0 fully saturated rings. The van der Waals surface area contributed by atoms with Gasteiger partial charge in [-0.2, -0.15) is 0 Å². The summed E-state index contributed by atoms with van der Waals surface area (Å²) < 4.78 is 1.82. The third kappa shape index (κ3) is 2.20. The molecule has 0 spiro atoms. The minimum absolute atomic E-state index is 0.0147. The second kappa shape index (κ2) is 4.77. The minimum atomic E-state index is -0.104. The molecule has 16 heavy (non-hydrogen) atoms. The van der Waals surface area contributed by atoms with Crippen molar-refractivity contribution < 1.29 is 9.90 Å². The number of rotatable bonds is 4. The topological polar surface area (TPSA) is 42.2 Å². The summed E-state index contributed by atoms with van der Waals surface area (Å²) in [4.78, 5) is 12.0. The summed E-state index contributed by atoms with van der Waals surface area (Å²) in [6.07, 6.45) is 3.69. The van der Waals surface area contributed by atoms with E-state index in [2.05, 4.69) is 0 Å². The Morgan fingerprint density at radius 3 is 2.50 bits per heavy atom. The number of aliphatic hydroxyl groups is 1. The van der Waals surface area contributed by atoms with Gasteiger partial charge in [0.25, 0.3) is 0 Å². The molecule has 0 radical (unpaired) electrons.